The van der Waals surface area contributed by atoms with Crippen LogP contribution in [-0.4, -0.2) is 38.6 Å². The van der Waals surface area contributed by atoms with Gasteiger partial charge in [-0.1, -0.05) is 13.8 Å². The Morgan fingerprint density at radius 2 is 1.91 bits per heavy atom. The molecule has 2 heterocycles. The van der Waals surface area contributed by atoms with Crippen molar-refractivity contribution >= 4 is 33.2 Å². The van der Waals surface area contributed by atoms with Crippen molar-refractivity contribution in [1.82, 2.24) is 14.7 Å². The van der Waals surface area contributed by atoms with Crippen molar-refractivity contribution in [2.45, 2.75) is 38.0 Å². The minimum atomic E-state index is -3.52. The van der Waals surface area contributed by atoms with Crippen LogP contribution >= 0.6 is 0 Å². The molecule has 0 fully saturated rings. The number of nitrogens with one attached hydrogen (secondary N) is 2. The zero-order chi connectivity index (χ0) is 24.1. The number of aromatic nitrogens is 2. The molecule has 2 aromatic carbocycles. The van der Waals surface area contributed by atoms with E-state index in [1.807, 2.05) is 12.1 Å². The van der Waals surface area contributed by atoms with Gasteiger partial charge in [-0.2, -0.15) is 4.98 Å². The van der Waals surface area contributed by atoms with Crippen LogP contribution in [0.5, 0.6) is 5.75 Å². The summed E-state index contributed by atoms with van der Waals surface area (Å²) in [6, 6.07) is 14.6. The molecule has 4 rings (SSSR count). The van der Waals surface area contributed by atoms with Gasteiger partial charge in [0.15, 0.2) is 0 Å². The summed E-state index contributed by atoms with van der Waals surface area (Å²) in [6.45, 7) is 5.42. The van der Waals surface area contributed by atoms with E-state index in [0.29, 0.717) is 24.1 Å². The lowest BCUT2D eigenvalue weighted by atomic mass is 10.0. The quantitative estimate of drug-likeness (QED) is 0.460. The van der Waals surface area contributed by atoms with E-state index in [2.05, 4.69) is 45.9 Å². The fourth-order valence-corrected chi connectivity index (χ4v) is 4.96. The maximum absolute atomic E-state index is 12.5. The van der Waals surface area contributed by atoms with E-state index in [-0.39, 0.29) is 4.90 Å². The highest BCUT2D eigenvalue weighted by molar-refractivity contribution is 7.89. The summed E-state index contributed by atoms with van der Waals surface area (Å²) >= 11 is 0. The molecule has 180 valence electrons. The van der Waals surface area contributed by atoms with E-state index in [1.165, 1.54) is 5.56 Å². The molecule has 0 atom stereocenters. The molecular weight excluding hydrogens is 450 g/mol. The number of methoxy groups -OCH3 is 1. The molecule has 0 bridgehead atoms. The van der Waals surface area contributed by atoms with Crippen LogP contribution in [-0.2, 0) is 16.4 Å². The zero-order valence-corrected chi connectivity index (χ0v) is 20.6. The SMILES string of the molecule is COc1ccc2c(c1)CCCN2c1ccnc(Nc2ccc(S(=O)(=O)NCCC(C)C)cc2)n1. The minimum Gasteiger partial charge on any atom is -0.497 e. The molecule has 1 aliphatic rings. The van der Waals surface area contributed by atoms with Gasteiger partial charge in [0.2, 0.25) is 16.0 Å². The van der Waals surface area contributed by atoms with Crippen LogP contribution in [0.3, 0.4) is 0 Å². The number of fused-ring (bicyclic) bond motifs is 1. The molecule has 0 saturated carbocycles. The molecule has 0 unspecified atom stereocenters. The molecule has 1 aliphatic heterocycles. The Morgan fingerprint density at radius 1 is 1.12 bits per heavy atom. The van der Waals surface area contributed by atoms with Crippen molar-refractivity contribution in [1.29, 1.82) is 0 Å². The third kappa shape index (κ3) is 5.66. The summed E-state index contributed by atoms with van der Waals surface area (Å²) in [5, 5.41) is 3.18. The lowest BCUT2D eigenvalue weighted by Gasteiger charge is -2.30. The van der Waals surface area contributed by atoms with Gasteiger partial charge in [-0.15, -0.1) is 0 Å². The fraction of sp³-hybridized carbons (Fsp3) is 0.360. The van der Waals surface area contributed by atoms with Gasteiger partial charge in [-0.25, -0.2) is 18.1 Å². The molecule has 3 aromatic rings. The third-order valence-electron chi connectivity index (χ3n) is 5.76. The highest BCUT2D eigenvalue weighted by atomic mass is 32.2. The Labute approximate surface area is 201 Å². The Morgan fingerprint density at radius 3 is 2.65 bits per heavy atom. The van der Waals surface area contributed by atoms with Crippen molar-refractivity contribution in [3.05, 3.63) is 60.3 Å². The highest BCUT2D eigenvalue weighted by Gasteiger charge is 2.20. The van der Waals surface area contributed by atoms with Gasteiger partial charge in [-0.05, 0) is 79.3 Å². The van der Waals surface area contributed by atoms with Gasteiger partial charge in [0.05, 0.1) is 12.0 Å². The Balaban J connectivity index is 1.48. The molecule has 0 saturated heterocycles. The molecule has 0 amide bonds. The normalized spacial score (nSPS) is 13.6. The standard InChI is InChI=1S/C25H31N5O3S/c1-18(2)12-15-27-34(31,32)22-9-6-20(7-10-22)28-25-26-14-13-24(29-25)30-16-4-5-19-17-21(33-3)8-11-23(19)30/h6-11,13-14,17-18,27H,4-5,12,15-16H2,1-3H3,(H,26,28,29). The molecular formula is C25H31N5O3S. The molecule has 1 aromatic heterocycles. The largest absolute Gasteiger partial charge is 0.497 e. The van der Waals surface area contributed by atoms with Crippen molar-refractivity contribution in [3.63, 3.8) is 0 Å². The van der Waals surface area contributed by atoms with Crippen LogP contribution in [0, 0.1) is 5.92 Å². The smallest absolute Gasteiger partial charge is 0.240 e. The van der Waals surface area contributed by atoms with E-state index in [9.17, 15) is 8.42 Å². The second-order valence-electron chi connectivity index (χ2n) is 8.72. The van der Waals surface area contributed by atoms with Crippen LogP contribution in [0.1, 0.15) is 32.3 Å². The van der Waals surface area contributed by atoms with Gasteiger partial charge in [-0.3, -0.25) is 0 Å². The summed E-state index contributed by atoms with van der Waals surface area (Å²) in [5.41, 5.74) is 3.07. The highest BCUT2D eigenvalue weighted by Crippen LogP contribution is 2.35. The maximum atomic E-state index is 12.5. The maximum Gasteiger partial charge on any atom is 0.240 e. The number of aryl methyl sites for hydroxylation is 1. The lowest BCUT2D eigenvalue weighted by Crippen LogP contribution is -2.25. The summed E-state index contributed by atoms with van der Waals surface area (Å²) in [5.74, 6) is 2.54. The Hall–Kier alpha value is -3.17. The summed E-state index contributed by atoms with van der Waals surface area (Å²) in [6.07, 6.45) is 4.54. The molecule has 2 N–H and O–H groups in total. The van der Waals surface area contributed by atoms with Crippen LogP contribution in [0.25, 0.3) is 0 Å². The molecule has 8 nitrogen and oxygen atoms in total. The molecule has 34 heavy (non-hydrogen) atoms. The fourth-order valence-electron chi connectivity index (χ4n) is 3.91. The van der Waals surface area contributed by atoms with Crippen LogP contribution < -0.4 is 19.7 Å². The summed E-state index contributed by atoms with van der Waals surface area (Å²) in [4.78, 5) is 11.5. The average Bonchev–Trinajstić information content (AvgIpc) is 2.83. The average molecular weight is 482 g/mol. The number of nitrogens with zero attached hydrogens (tertiary/aromatic N) is 3. The molecule has 9 heteroatoms. The number of hydrogen-bond acceptors (Lipinski definition) is 7. The van der Waals surface area contributed by atoms with E-state index < -0.39 is 10.0 Å². The second kappa shape index (κ2) is 10.4. The molecule has 0 spiro atoms. The monoisotopic (exact) mass is 481 g/mol. The van der Waals surface area contributed by atoms with Gasteiger partial charge in [0.1, 0.15) is 11.6 Å². The predicted octanol–water partition coefficient (Wildman–Crippen LogP) is 4.64. The topological polar surface area (TPSA) is 96.5 Å². The van der Waals surface area contributed by atoms with Crippen LogP contribution in [0.15, 0.2) is 59.6 Å². The first kappa shape index (κ1) is 24.0. The van der Waals surface area contributed by atoms with Crippen molar-refractivity contribution in [2.24, 2.45) is 5.92 Å². The van der Waals surface area contributed by atoms with Crippen molar-refractivity contribution in [3.8, 4) is 5.75 Å². The Kier molecular flexibility index (Phi) is 7.33. The number of ether oxygens (including phenoxy) is 1. The van der Waals surface area contributed by atoms with Crippen LogP contribution in [0.4, 0.5) is 23.1 Å². The van der Waals surface area contributed by atoms with E-state index in [1.54, 1.807) is 37.6 Å². The first-order chi connectivity index (χ1) is 16.4. The Bertz CT molecular complexity index is 1230. The molecule has 0 radical (unpaired) electrons. The zero-order valence-electron chi connectivity index (χ0n) is 19.8. The number of benzene rings is 2. The third-order valence-corrected chi connectivity index (χ3v) is 7.23. The first-order valence-electron chi connectivity index (χ1n) is 11.5. The number of rotatable bonds is 9. The van der Waals surface area contributed by atoms with Gasteiger partial charge in [0, 0.05) is 30.7 Å². The number of sulfonamides is 1. The molecule has 0 aliphatic carbocycles. The first-order valence-corrected chi connectivity index (χ1v) is 13.0. The van der Waals surface area contributed by atoms with Gasteiger partial charge < -0.3 is 15.0 Å². The van der Waals surface area contributed by atoms with E-state index in [0.717, 1.165) is 43.1 Å². The van der Waals surface area contributed by atoms with Crippen molar-refractivity contribution in [2.75, 3.05) is 30.4 Å². The number of anilines is 4. The van der Waals surface area contributed by atoms with Gasteiger partial charge >= 0.3 is 0 Å². The second-order valence-corrected chi connectivity index (χ2v) is 10.5. The van der Waals surface area contributed by atoms with E-state index >= 15 is 0 Å². The summed E-state index contributed by atoms with van der Waals surface area (Å²) in [7, 11) is -1.85. The minimum absolute atomic E-state index is 0.233. The van der Waals surface area contributed by atoms with Crippen LogP contribution in [0.2, 0.25) is 0 Å². The van der Waals surface area contributed by atoms with Crippen molar-refractivity contribution < 1.29 is 13.2 Å². The number of hydrogen-bond donors (Lipinski definition) is 2. The summed E-state index contributed by atoms with van der Waals surface area (Å²) < 4.78 is 33.0. The van der Waals surface area contributed by atoms with E-state index in [4.69, 9.17) is 9.72 Å². The van der Waals surface area contributed by atoms with Gasteiger partial charge in [0.25, 0.3) is 0 Å². The predicted molar refractivity (Wildman–Crippen MR) is 135 cm³/mol. The lowest BCUT2D eigenvalue weighted by molar-refractivity contribution is 0.414.